The Morgan fingerprint density at radius 2 is 1.54 bits per heavy atom. The van der Waals surface area contributed by atoms with Gasteiger partial charge in [0.15, 0.2) is 5.82 Å². The number of ether oxygens (including phenoxy) is 1. The number of aromatic amines is 1. The minimum Gasteiger partial charge on any atom is -0.450 e. The summed E-state index contributed by atoms with van der Waals surface area (Å²) in [5.74, 6) is 1.43. The maximum absolute atomic E-state index is 13.8. The summed E-state index contributed by atoms with van der Waals surface area (Å²) in [5.41, 5.74) is 5.26. The van der Waals surface area contributed by atoms with Crippen LogP contribution in [0, 0.1) is 0 Å². The van der Waals surface area contributed by atoms with Gasteiger partial charge in [0.2, 0.25) is 5.75 Å². The largest absolute Gasteiger partial charge is 0.450 e. The van der Waals surface area contributed by atoms with Crippen molar-refractivity contribution in [1.29, 1.82) is 0 Å². The smallest absolute Gasteiger partial charge is 0.439 e. The van der Waals surface area contributed by atoms with Crippen molar-refractivity contribution in [2.45, 2.75) is 53.0 Å². The van der Waals surface area contributed by atoms with Crippen molar-refractivity contribution in [2.75, 3.05) is 0 Å². The topological polar surface area (TPSA) is 103 Å². The molecule has 3 aromatic carbocycles. The number of aryl methyl sites for hydroxylation is 3. The maximum atomic E-state index is 13.8. The summed E-state index contributed by atoms with van der Waals surface area (Å²) in [5, 5.41) is 3.84. The number of H-pyrrole nitrogens is 1. The Hall–Kier alpha value is -3.08. The van der Waals surface area contributed by atoms with E-state index >= 15 is 0 Å². The van der Waals surface area contributed by atoms with Gasteiger partial charge in [-0.1, -0.05) is 86.6 Å². The molecule has 0 atom stereocenters. The number of hydrogen-bond acceptors (Lipinski definition) is 6. The molecule has 0 aliphatic carbocycles. The van der Waals surface area contributed by atoms with E-state index in [4.69, 9.17) is 14.2 Å². The number of hydrogen-bond donors (Lipinski definition) is 1. The van der Waals surface area contributed by atoms with E-state index in [1.54, 1.807) is 4.57 Å². The van der Waals surface area contributed by atoms with Crippen LogP contribution in [0.4, 0.5) is 0 Å². The van der Waals surface area contributed by atoms with E-state index in [-0.39, 0.29) is 62.7 Å². The van der Waals surface area contributed by atoms with Crippen molar-refractivity contribution < 1.29 is 9.26 Å². The first kappa shape index (κ1) is 30.9. The Labute approximate surface area is 281 Å². The van der Waals surface area contributed by atoms with Gasteiger partial charge in [0.25, 0.3) is 5.56 Å². The summed E-state index contributed by atoms with van der Waals surface area (Å²) in [4.78, 5) is 32.8. The molecule has 2 aromatic heterocycles. The monoisotopic (exact) mass is 575 g/mol. The fourth-order valence-electron chi connectivity index (χ4n) is 4.72. The van der Waals surface area contributed by atoms with Gasteiger partial charge in [-0.2, -0.15) is 0 Å². The van der Waals surface area contributed by atoms with E-state index < -0.39 is 5.76 Å². The quantitative estimate of drug-likeness (QED) is 0.212. The maximum Gasteiger partial charge on any atom is 0.439 e. The molecule has 8 nitrogen and oxygen atoms in total. The van der Waals surface area contributed by atoms with Gasteiger partial charge in [0.1, 0.15) is 11.6 Å². The van der Waals surface area contributed by atoms with E-state index in [0.717, 1.165) is 40.9 Å². The number of aromatic nitrogens is 4. The van der Waals surface area contributed by atoms with Crippen molar-refractivity contribution >= 4 is 51.4 Å². The van der Waals surface area contributed by atoms with E-state index in [1.165, 1.54) is 5.56 Å². The molecule has 41 heavy (non-hydrogen) atoms. The summed E-state index contributed by atoms with van der Waals surface area (Å²) in [6.45, 7) is 6.54. The molecule has 0 saturated heterocycles. The predicted molar refractivity (Wildman–Crippen MR) is 161 cm³/mol. The zero-order chi connectivity index (χ0) is 28.1. The fourth-order valence-corrected chi connectivity index (χ4v) is 4.72. The van der Waals surface area contributed by atoms with Crippen molar-refractivity contribution in [3.05, 3.63) is 116 Å². The summed E-state index contributed by atoms with van der Waals surface area (Å²) in [6, 6.07) is 23.5. The van der Waals surface area contributed by atoms with Crippen molar-refractivity contribution in [2.24, 2.45) is 0 Å². The summed E-state index contributed by atoms with van der Waals surface area (Å²) < 4.78 is 12.6. The molecule has 1 N–H and O–H groups in total. The normalized spacial score (nSPS) is 10.8. The van der Waals surface area contributed by atoms with E-state index in [9.17, 15) is 9.59 Å². The average Bonchev–Trinajstić information content (AvgIpc) is 3.43. The summed E-state index contributed by atoms with van der Waals surface area (Å²) >= 11 is 0. The van der Waals surface area contributed by atoms with Crippen molar-refractivity contribution in [3.8, 4) is 34.0 Å². The summed E-state index contributed by atoms with van der Waals surface area (Å²) in [6.07, 6.45) is 3.09. The first-order valence-corrected chi connectivity index (χ1v) is 13.6. The number of rotatable bonds is 10. The molecule has 0 spiro atoms. The predicted octanol–water partition coefficient (Wildman–Crippen LogP) is 5.79. The fraction of sp³-hybridized carbons (Fsp3) is 0.250. The Morgan fingerprint density at radius 1 is 0.854 bits per heavy atom. The molecule has 0 aliphatic rings. The van der Waals surface area contributed by atoms with Crippen LogP contribution in [0.3, 0.4) is 0 Å². The van der Waals surface area contributed by atoms with Gasteiger partial charge < -0.3 is 4.74 Å². The van der Waals surface area contributed by atoms with Gasteiger partial charge >= 0.3 is 5.76 Å². The molecule has 0 aliphatic heterocycles. The molecule has 5 aromatic rings. The molecular weight excluding hydrogens is 543 g/mol. The second-order valence-corrected chi connectivity index (χ2v) is 9.58. The molecule has 0 amide bonds. The second-order valence-electron chi connectivity index (χ2n) is 9.58. The standard InChI is InChI=1S/C32H32N4O4.K/c1-4-9-28-33-27(6-3)29(39-24-18-14-21(5-2)15-19-24)31(37)36(28)20-22-12-16-23(17-13-22)25-10-7-8-11-26(25)30-34-32(38)40-35-30;/h7-8,10-19H,4-6,9,20H2,1-3H3,(H,34,35,38);. The summed E-state index contributed by atoms with van der Waals surface area (Å²) in [7, 11) is 0. The third kappa shape index (κ3) is 7.05. The van der Waals surface area contributed by atoms with E-state index in [2.05, 4.69) is 24.0 Å². The van der Waals surface area contributed by atoms with Crippen LogP contribution in [0.25, 0.3) is 22.5 Å². The van der Waals surface area contributed by atoms with Gasteiger partial charge in [-0.15, -0.1) is 0 Å². The first-order valence-electron chi connectivity index (χ1n) is 13.6. The molecule has 0 bridgehead atoms. The molecule has 0 unspecified atom stereocenters. The zero-order valence-electron chi connectivity index (χ0n) is 23.9. The third-order valence-corrected chi connectivity index (χ3v) is 6.87. The number of nitrogens with zero attached hydrogens (tertiary/aromatic N) is 3. The van der Waals surface area contributed by atoms with Crippen LogP contribution in [-0.2, 0) is 25.8 Å². The van der Waals surface area contributed by atoms with Crippen molar-refractivity contribution in [3.63, 3.8) is 0 Å². The minimum atomic E-state index is -0.600. The molecule has 2 heterocycles. The molecule has 9 heteroatoms. The third-order valence-electron chi connectivity index (χ3n) is 6.87. The van der Waals surface area contributed by atoms with Crippen LogP contribution in [-0.4, -0.2) is 71.1 Å². The Kier molecular flexibility index (Phi) is 10.7. The molecule has 5 rings (SSSR count). The molecule has 0 fully saturated rings. The van der Waals surface area contributed by atoms with E-state index in [1.807, 2.05) is 79.7 Å². The SMILES string of the molecule is CCCc1nc(CC)c(Oc2ccc(CC)cc2)c(=O)n1Cc1ccc(-c2ccccc2-c2noc(=O)[nH]2)cc1.[K]. The molecule has 0 saturated carbocycles. The van der Waals surface area contributed by atoms with E-state index in [0.29, 0.717) is 36.7 Å². The van der Waals surface area contributed by atoms with Crippen LogP contribution in [0.1, 0.15) is 49.8 Å². The van der Waals surface area contributed by atoms with Gasteiger partial charge in [0.05, 0.1) is 12.2 Å². The van der Waals surface area contributed by atoms with Crippen LogP contribution in [0.15, 0.2) is 86.9 Å². The van der Waals surface area contributed by atoms with Gasteiger partial charge in [0, 0.05) is 63.4 Å². The number of benzene rings is 3. The van der Waals surface area contributed by atoms with Crippen LogP contribution in [0.2, 0.25) is 0 Å². The van der Waals surface area contributed by atoms with Crippen LogP contribution in [0.5, 0.6) is 11.5 Å². The zero-order valence-corrected chi connectivity index (χ0v) is 27.1. The van der Waals surface area contributed by atoms with Crippen LogP contribution >= 0.6 is 0 Å². The minimum absolute atomic E-state index is 0. The molecular formula is C32H32KN4O4. The molecule has 205 valence electrons. The van der Waals surface area contributed by atoms with Crippen molar-refractivity contribution in [1.82, 2.24) is 19.7 Å². The average molecular weight is 576 g/mol. The molecule has 1 radical (unpaired) electrons. The second kappa shape index (κ2) is 14.2. The Bertz CT molecular complexity index is 1720. The number of nitrogens with one attached hydrogen (secondary N) is 1. The Balaban J connectivity index is 0.00000387. The van der Waals surface area contributed by atoms with Gasteiger partial charge in [-0.3, -0.25) is 18.9 Å². The van der Waals surface area contributed by atoms with Gasteiger partial charge in [-0.25, -0.2) is 9.78 Å². The van der Waals surface area contributed by atoms with Crippen LogP contribution < -0.4 is 16.1 Å². The first-order chi connectivity index (χ1) is 19.5. The Morgan fingerprint density at radius 3 is 2.15 bits per heavy atom. The van der Waals surface area contributed by atoms with Gasteiger partial charge in [-0.05, 0) is 53.6 Å².